The maximum absolute atomic E-state index is 9.50. The SMILES string of the molecule is COc1ccc(O)cc1OC1CC2CCC1C2. The number of rotatable bonds is 3. The third-order valence-corrected chi connectivity index (χ3v) is 4.10. The quantitative estimate of drug-likeness (QED) is 0.873. The molecule has 3 rings (SSSR count). The number of ether oxygens (including phenoxy) is 2. The van der Waals surface area contributed by atoms with Crippen molar-refractivity contribution in [3.05, 3.63) is 18.2 Å². The van der Waals surface area contributed by atoms with Gasteiger partial charge in [-0.1, -0.05) is 0 Å². The molecule has 1 aromatic rings. The second-order valence-electron chi connectivity index (χ2n) is 5.17. The van der Waals surface area contributed by atoms with Gasteiger partial charge in [-0.05, 0) is 49.7 Å². The summed E-state index contributed by atoms with van der Waals surface area (Å²) in [5, 5.41) is 9.50. The van der Waals surface area contributed by atoms with Gasteiger partial charge in [0, 0.05) is 6.07 Å². The van der Waals surface area contributed by atoms with Crippen molar-refractivity contribution in [2.24, 2.45) is 11.8 Å². The summed E-state index contributed by atoms with van der Waals surface area (Å²) < 4.78 is 11.3. The lowest BCUT2D eigenvalue weighted by molar-refractivity contribution is 0.133. The Balaban J connectivity index is 1.78. The minimum absolute atomic E-state index is 0.226. The summed E-state index contributed by atoms with van der Waals surface area (Å²) in [4.78, 5) is 0. The van der Waals surface area contributed by atoms with Crippen LogP contribution in [-0.4, -0.2) is 18.3 Å². The minimum atomic E-state index is 0.226. The van der Waals surface area contributed by atoms with Gasteiger partial charge in [-0.2, -0.15) is 0 Å². The smallest absolute Gasteiger partial charge is 0.165 e. The predicted octanol–water partition coefficient (Wildman–Crippen LogP) is 2.97. The van der Waals surface area contributed by atoms with Crippen molar-refractivity contribution in [2.75, 3.05) is 7.11 Å². The molecule has 2 aliphatic rings. The molecule has 0 aliphatic heterocycles. The number of aromatic hydroxyl groups is 1. The van der Waals surface area contributed by atoms with Crippen LogP contribution in [0.25, 0.3) is 0 Å². The van der Waals surface area contributed by atoms with Crippen LogP contribution >= 0.6 is 0 Å². The van der Waals surface area contributed by atoms with Crippen molar-refractivity contribution in [3.63, 3.8) is 0 Å². The molecule has 2 aliphatic carbocycles. The van der Waals surface area contributed by atoms with Crippen LogP contribution in [0.4, 0.5) is 0 Å². The van der Waals surface area contributed by atoms with E-state index >= 15 is 0 Å². The molecule has 0 aromatic heterocycles. The Bertz CT molecular complexity index is 416. The van der Waals surface area contributed by atoms with Gasteiger partial charge in [0.25, 0.3) is 0 Å². The number of hydrogen-bond acceptors (Lipinski definition) is 3. The van der Waals surface area contributed by atoms with E-state index in [9.17, 15) is 5.11 Å². The zero-order valence-corrected chi connectivity index (χ0v) is 10.1. The van der Waals surface area contributed by atoms with Gasteiger partial charge in [0.05, 0.1) is 7.11 Å². The van der Waals surface area contributed by atoms with Crippen molar-refractivity contribution in [1.29, 1.82) is 0 Å². The largest absolute Gasteiger partial charge is 0.508 e. The van der Waals surface area contributed by atoms with E-state index in [4.69, 9.17) is 9.47 Å². The lowest BCUT2D eigenvalue weighted by atomic mass is 9.98. The van der Waals surface area contributed by atoms with Crippen LogP contribution in [0, 0.1) is 11.8 Å². The lowest BCUT2D eigenvalue weighted by Gasteiger charge is -2.24. The Hall–Kier alpha value is -1.38. The van der Waals surface area contributed by atoms with Crippen LogP contribution < -0.4 is 9.47 Å². The second kappa shape index (κ2) is 4.13. The van der Waals surface area contributed by atoms with Crippen LogP contribution in [0.5, 0.6) is 17.2 Å². The maximum Gasteiger partial charge on any atom is 0.165 e. The molecule has 2 bridgehead atoms. The van der Waals surface area contributed by atoms with Gasteiger partial charge < -0.3 is 14.6 Å². The molecule has 92 valence electrons. The average molecular weight is 234 g/mol. The molecular formula is C14H18O3. The van der Waals surface area contributed by atoms with Crippen molar-refractivity contribution in [3.8, 4) is 17.2 Å². The molecule has 3 atom stereocenters. The van der Waals surface area contributed by atoms with Crippen molar-refractivity contribution in [2.45, 2.75) is 31.8 Å². The van der Waals surface area contributed by atoms with Crippen LogP contribution in [0.2, 0.25) is 0 Å². The second-order valence-corrected chi connectivity index (χ2v) is 5.17. The zero-order valence-electron chi connectivity index (χ0n) is 10.1. The topological polar surface area (TPSA) is 38.7 Å². The first-order chi connectivity index (χ1) is 8.26. The van der Waals surface area contributed by atoms with E-state index < -0.39 is 0 Å². The zero-order chi connectivity index (χ0) is 11.8. The Kier molecular flexibility index (Phi) is 2.61. The third kappa shape index (κ3) is 1.94. The summed E-state index contributed by atoms with van der Waals surface area (Å²) in [6.07, 6.45) is 5.43. The summed E-state index contributed by atoms with van der Waals surface area (Å²) >= 11 is 0. The molecule has 3 heteroatoms. The molecule has 1 N–H and O–H groups in total. The standard InChI is InChI=1S/C14H18O3/c1-16-12-5-4-11(15)8-14(12)17-13-7-9-2-3-10(13)6-9/h4-5,8-10,13,15H,2-3,6-7H2,1H3. The molecule has 3 unspecified atom stereocenters. The Morgan fingerprint density at radius 3 is 2.71 bits per heavy atom. The van der Waals surface area contributed by atoms with E-state index in [0.717, 1.165) is 12.3 Å². The highest BCUT2D eigenvalue weighted by atomic mass is 16.5. The van der Waals surface area contributed by atoms with Gasteiger partial charge in [0.15, 0.2) is 11.5 Å². The van der Waals surface area contributed by atoms with Crippen LogP contribution in [0.1, 0.15) is 25.7 Å². The molecule has 0 spiro atoms. The Labute approximate surface area is 101 Å². The minimum Gasteiger partial charge on any atom is -0.508 e. The molecule has 17 heavy (non-hydrogen) atoms. The van der Waals surface area contributed by atoms with Gasteiger partial charge in [-0.25, -0.2) is 0 Å². The van der Waals surface area contributed by atoms with E-state index in [1.54, 1.807) is 25.3 Å². The predicted molar refractivity (Wildman–Crippen MR) is 64.5 cm³/mol. The van der Waals surface area contributed by atoms with E-state index in [0.29, 0.717) is 23.5 Å². The van der Waals surface area contributed by atoms with Gasteiger partial charge >= 0.3 is 0 Å². The van der Waals surface area contributed by atoms with E-state index in [-0.39, 0.29) is 5.75 Å². The summed E-state index contributed by atoms with van der Waals surface area (Å²) in [5.41, 5.74) is 0. The fourth-order valence-electron chi connectivity index (χ4n) is 3.25. The monoisotopic (exact) mass is 234 g/mol. The summed E-state index contributed by atoms with van der Waals surface area (Å²) in [7, 11) is 1.63. The Morgan fingerprint density at radius 1 is 1.18 bits per heavy atom. The number of phenols is 1. The highest BCUT2D eigenvalue weighted by molar-refractivity contribution is 5.45. The molecular weight excluding hydrogens is 216 g/mol. The van der Waals surface area contributed by atoms with Crippen LogP contribution in [-0.2, 0) is 0 Å². The molecule has 0 amide bonds. The summed E-state index contributed by atoms with van der Waals surface area (Å²) in [5.74, 6) is 3.15. The molecule has 3 nitrogen and oxygen atoms in total. The first-order valence-corrected chi connectivity index (χ1v) is 6.30. The molecule has 0 radical (unpaired) electrons. The molecule has 1 aromatic carbocycles. The van der Waals surface area contributed by atoms with Gasteiger partial charge in [-0.15, -0.1) is 0 Å². The van der Waals surface area contributed by atoms with Crippen LogP contribution in [0.15, 0.2) is 18.2 Å². The van der Waals surface area contributed by atoms with E-state index in [2.05, 4.69) is 0 Å². The Morgan fingerprint density at radius 2 is 2.06 bits per heavy atom. The van der Waals surface area contributed by atoms with Crippen molar-refractivity contribution < 1.29 is 14.6 Å². The molecule has 0 heterocycles. The highest BCUT2D eigenvalue weighted by Crippen LogP contribution is 2.47. The number of hydrogen-bond donors (Lipinski definition) is 1. The van der Waals surface area contributed by atoms with Crippen LogP contribution in [0.3, 0.4) is 0 Å². The van der Waals surface area contributed by atoms with Gasteiger partial charge in [0.1, 0.15) is 11.9 Å². The normalized spacial score (nSPS) is 30.5. The highest BCUT2D eigenvalue weighted by Gasteiger charge is 2.41. The lowest BCUT2D eigenvalue weighted by Crippen LogP contribution is -2.23. The summed E-state index contributed by atoms with van der Waals surface area (Å²) in [6, 6.07) is 5.01. The molecule has 2 fully saturated rings. The summed E-state index contributed by atoms with van der Waals surface area (Å²) in [6.45, 7) is 0. The fourth-order valence-corrected chi connectivity index (χ4v) is 3.25. The average Bonchev–Trinajstić information content (AvgIpc) is 2.91. The molecule has 0 saturated heterocycles. The number of benzene rings is 1. The van der Waals surface area contributed by atoms with Crippen molar-refractivity contribution >= 4 is 0 Å². The van der Waals surface area contributed by atoms with Gasteiger partial charge in [0.2, 0.25) is 0 Å². The number of phenolic OH excluding ortho intramolecular Hbond substituents is 1. The first kappa shape index (κ1) is 10.8. The van der Waals surface area contributed by atoms with Gasteiger partial charge in [-0.3, -0.25) is 0 Å². The first-order valence-electron chi connectivity index (χ1n) is 6.30. The number of fused-ring (bicyclic) bond motifs is 2. The fraction of sp³-hybridized carbons (Fsp3) is 0.571. The van der Waals surface area contributed by atoms with E-state index in [1.807, 2.05) is 0 Å². The number of methoxy groups -OCH3 is 1. The van der Waals surface area contributed by atoms with E-state index in [1.165, 1.54) is 19.3 Å². The third-order valence-electron chi connectivity index (χ3n) is 4.10. The maximum atomic E-state index is 9.50. The molecule has 2 saturated carbocycles. The van der Waals surface area contributed by atoms with Crippen molar-refractivity contribution in [1.82, 2.24) is 0 Å².